The van der Waals surface area contributed by atoms with Crippen molar-refractivity contribution in [2.24, 2.45) is 0 Å². The van der Waals surface area contributed by atoms with Crippen molar-refractivity contribution in [1.82, 2.24) is 0 Å². The molecule has 0 aromatic heterocycles. The highest BCUT2D eigenvalue weighted by Gasteiger charge is 2.33. The summed E-state index contributed by atoms with van der Waals surface area (Å²) in [5.74, 6) is 0.257. The lowest BCUT2D eigenvalue weighted by atomic mass is 10.1. The molecule has 1 saturated heterocycles. The Kier molecular flexibility index (Phi) is 7.36. The highest BCUT2D eigenvalue weighted by molar-refractivity contribution is 6.32. The summed E-state index contributed by atoms with van der Waals surface area (Å²) in [6.45, 7) is 1.33. The number of hydrogen-bond donors (Lipinski definition) is 0. The molecule has 0 bridgehead atoms. The molecule has 4 rings (SSSR count). The van der Waals surface area contributed by atoms with Crippen LogP contribution in [-0.2, 0) is 27.4 Å². The van der Waals surface area contributed by atoms with Gasteiger partial charge in [0.1, 0.15) is 23.8 Å². The number of hydrogen-bond acceptors (Lipinski definition) is 3. The van der Waals surface area contributed by atoms with Crippen LogP contribution in [-0.4, -0.2) is 18.8 Å². The normalized spacial score (nSPS) is 19.5. The third-order valence-corrected chi connectivity index (χ3v) is 5.45. The first-order valence-corrected chi connectivity index (χ1v) is 10.7. The topological polar surface area (TPSA) is 27.7 Å². The number of halogens is 2. The maximum Gasteiger partial charge on any atom is 0.148 e. The Morgan fingerprint density at radius 2 is 1.58 bits per heavy atom. The zero-order valence-electron chi connectivity index (χ0n) is 17.0. The molecule has 5 heteroatoms. The molecule has 1 fully saturated rings. The predicted molar refractivity (Wildman–Crippen MR) is 120 cm³/mol. The first-order chi connectivity index (χ1) is 15.2. The van der Waals surface area contributed by atoms with E-state index in [9.17, 15) is 4.39 Å². The van der Waals surface area contributed by atoms with E-state index in [2.05, 4.69) is 0 Å². The summed E-state index contributed by atoms with van der Waals surface area (Å²) in [5, 5.41) is 0.349. The Hall–Kier alpha value is -2.66. The van der Waals surface area contributed by atoms with Gasteiger partial charge in [-0.2, -0.15) is 0 Å². The minimum atomic E-state index is -0.380. The van der Waals surface area contributed by atoms with E-state index in [-0.39, 0.29) is 18.0 Å². The Labute approximate surface area is 187 Å². The molecular formula is C26H24ClFO3. The van der Waals surface area contributed by atoms with Gasteiger partial charge < -0.3 is 14.2 Å². The molecule has 0 amide bonds. The van der Waals surface area contributed by atoms with Gasteiger partial charge >= 0.3 is 0 Å². The van der Waals surface area contributed by atoms with Gasteiger partial charge in [0, 0.05) is 12.0 Å². The van der Waals surface area contributed by atoms with Gasteiger partial charge in [-0.05, 0) is 29.3 Å². The maximum absolute atomic E-state index is 14.2. The van der Waals surface area contributed by atoms with Gasteiger partial charge in [0.05, 0.1) is 24.8 Å². The first-order valence-electron chi connectivity index (χ1n) is 10.3. The van der Waals surface area contributed by atoms with Crippen LogP contribution >= 0.6 is 11.6 Å². The fourth-order valence-electron chi connectivity index (χ4n) is 3.50. The van der Waals surface area contributed by atoms with Crippen molar-refractivity contribution in [3.05, 3.63) is 112 Å². The second-order valence-electron chi connectivity index (χ2n) is 7.44. The Bertz CT molecular complexity index is 987. The minimum Gasteiger partial charge on any atom is -0.489 e. The number of ether oxygens (including phenoxy) is 3. The quantitative estimate of drug-likeness (QED) is 0.406. The first kappa shape index (κ1) is 21.6. The molecule has 3 aromatic rings. The monoisotopic (exact) mass is 438 g/mol. The molecule has 1 aliphatic heterocycles. The zero-order valence-corrected chi connectivity index (χ0v) is 17.8. The molecule has 160 valence electrons. The molecule has 0 saturated carbocycles. The van der Waals surface area contributed by atoms with Crippen molar-refractivity contribution in [1.29, 1.82) is 0 Å². The average molecular weight is 439 g/mol. The molecule has 0 unspecified atom stereocenters. The summed E-state index contributed by atoms with van der Waals surface area (Å²) >= 11 is 6.18. The fraction of sp³-hybridized carbons (Fsp3) is 0.231. The lowest BCUT2D eigenvalue weighted by molar-refractivity contribution is -0.0528. The largest absolute Gasteiger partial charge is 0.489 e. The lowest BCUT2D eigenvalue weighted by Gasteiger charge is -2.19. The van der Waals surface area contributed by atoms with E-state index in [1.807, 2.05) is 60.7 Å². The van der Waals surface area contributed by atoms with Crippen molar-refractivity contribution in [3.63, 3.8) is 0 Å². The SMILES string of the molecule is Fc1cccc(Cl)c1/C=C1/C[C@H](OCc2ccccc2)[C@@H](COCc2ccccc2)O1. The molecule has 2 atom stereocenters. The fourth-order valence-corrected chi connectivity index (χ4v) is 3.72. The second kappa shape index (κ2) is 10.6. The summed E-state index contributed by atoms with van der Waals surface area (Å²) in [7, 11) is 0. The molecule has 0 aliphatic carbocycles. The van der Waals surface area contributed by atoms with Gasteiger partial charge in [0.15, 0.2) is 0 Å². The highest BCUT2D eigenvalue weighted by atomic mass is 35.5. The molecule has 0 spiro atoms. The van der Waals surface area contributed by atoms with Gasteiger partial charge in [0.2, 0.25) is 0 Å². The van der Waals surface area contributed by atoms with E-state index in [0.29, 0.717) is 42.6 Å². The van der Waals surface area contributed by atoms with Crippen LogP contribution in [0.5, 0.6) is 0 Å². The Morgan fingerprint density at radius 1 is 0.903 bits per heavy atom. The third kappa shape index (κ3) is 5.95. The van der Waals surface area contributed by atoms with Crippen molar-refractivity contribution < 1.29 is 18.6 Å². The van der Waals surface area contributed by atoms with Gasteiger partial charge in [-0.3, -0.25) is 0 Å². The molecule has 0 radical (unpaired) electrons. The highest BCUT2D eigenvalue weighted by Crippen LogP contribution is 2.31. The summed E-state index contributed by atoms with van der Waals surface area (Å²) in [5.41, 5.74) is 2.50. The lowest BCUT2D eigenvalue weighted by Crippen LogP contribution is -2.29. The second-order valence-corrected chi connectivity index (χ2v) is 7.85. The smallest absolute Gasteiger partial charge is 0.148 e. The summed E-state index contributed by atoms with van der Waals surface area (Å²) in [4.78, 5) is 0. The van der Waals surface area contributed by atoms with E-state index in [0.717, 1.165) is 11.1 Å². The van der Waals surface area contributed by atoms with E-state index >= 15 is 0 Å². The summed E-state index contributed by atoms with van der Waals surface area (Å²) < 4.78 is 32.4. The van der Waals surface area contributed by atoms with E-state index in [4.69, 9.17) is 25.8 Å². The third-order valence-electron chi connectivity index (χ3n) is 5.13. The van der Waals surface area contributed by atoms with Crippen LogP contribution in [0.4, 0.5) is 4.39 Å². The van der Waals surface area contributed by atoms with Crippen LogP contribution in [0.1, 0.15) is 23.1 Å². The molecule has 1 heterocycles. The number of benzene rings is 3. The van der Waals surface area contributed by atoms with E-state index in [1.165, 1.54) is 6.07 Å². The van der Waals surface area contributed by atoms with E-state index in [1.54, 1.807) is 18.2 Å². The number of rotatable bonds is 8. The van der Waals surface area contributed by atoms with Crippen LogP contribution in [0.25, 0.3) is 6.08 Å². The Morgan fingerprint density at radius 3 is 2.26 bits per heavy atom. The zero-order chi connectivity index (χ0) is 21.5. The molecule has 1 aliphatic rings. The molecular weight excluding hydrogens is 415 g/mol. The minimum absolute atomic E-state index is 0.201. The van der Waals surface area contributed by atoms with Crippen molar-refractivity contribution in [3.8, 4) is 0 Å². The van der Waals surface area contributed by atoms with Gasteiger partial charge in [0.25, 0.3) is 0 Å². The average Bonchev–Trinajstić information content (AvgIpc) is 3.18. The molecule has 31 heavy (non-hydrogen) atoms. The van der Waals surface area contributed by atoms with Crippen molar-refractivity contribution in [2.45, 2.75) is 31.8 Å². The molecule has 3 aromatic carbocycles. The summed E-state index contributed by atoms with van der Waals surface area (Å²) in [6, 6.07) is 24.6. The summed E-state index contributed by atoms with van der Waals surface area (Å²) in [6.07, 6.45) is 1.70. The van der Waals surface area contributed by atoms with Crippen LogP contribution in [0.15, 0.2) is 84.6 Å². The van der Waals surface area contributed by atoms with Crippen molar-refractivity contribution >= 4 is 17.7 Å². The van der Waals surface area contributed by atoms with Gasteiger partial charge in [-0.1, -0.05) is 78.3 Å². The van der Waals surface area contributed by atoms with E-state index < -0.39 is 0 Å². The predicted octanol–water partition coefficient (Wildman–Crippen LogP) is 6.41. The van der Waals surface area contributed by atoms with Gasteiger partial charge in [-0.15, -0.1) is 0 Å². The Balaban J connectivity index is 1.45. The van der Waals surface area contributed by atoms with Crippen LogP contribution < -0.4 is 0 Å². The molecule has 3 nitrogen and oxygen atoms in total. The van der Waals surface area contributed by atoms with Gasteiger partial charge in [-0.25, -0.2) is 4.39 Å². The standard InChI is InChI=1S/C26H24ClFO3/c27-23-12-7-13-24(28)22(23)14-21-15-25(30-17-20-10-5-2-6-11-20)26(31-21)18-29-16-19-8-3-1-4-9-19/h1-14,25-26H,15-18H2/b21-14-/t25-,26+/m0/s1. The maximum atomic E-state index is 14.2. The van der Waals surface area contributed by atoms with Crippen LogP contribution in [0, 0.1) is 5.82 Å². The van der Waals surface area contributed by atoms with Crippen LogP contribution in [0.3, 0.4) is 0 Å². The van der Waals surface area contributed by atoms with Crippen molar-refractivity contribution in [2.75, 3.05) is 6.61 Å². The molecule has 0 N–H and O–H groups in total. The van der Waals surface area contributed by atoms with Crippen LogP contribution in [0.2, 0.25) is 5.02 Å².